The van der Waals surface area contributed by atoms with Gasteiger partial charge < -0.3 is 10.4 Å². The highest BCUT2D eigenvalue weighted by Gasteiger charge is 2.11. The number of aromatic nitrogens is 1. The summed E-state index contributed by atoms with van der Waals surface area (Å²) in [7, 11) is 0. The first kappa shape index (κ1) is 13.6. The van der Waals surface area contributed by atoms with E-state index in [2.05, 4.69) is 10.3 Å². The van der Waals surface area contributed by atoms with E-state index >= 15 is 0 Å². The maximum atomic E-state index is 12.8. The predicted octanol–water partition coefficient (Wildman–Crippen LogP) is 1.36. The van der Waals surface area contributed by atoms with Crippen molar-refractivity contribution in [2.45, 2.75) is 26.4 Å². The second-order valence-corrected chi connectivity index (χ2v) is 4.39. The number of nitrogens with zero attached hydrogens (tertiary/aromatic N) is 1. The first-order valence-electron chi connectivity index (χ1n) is 5.56. The first-order chi connectivity index (χ1) is 7.99. The molecule has 1 amide bonds. The molecule has 1 heterocycles. The van der Waals surface area contributed by atoms with Gasteiger partial charge in [0.05, 0.1) is 17.9 Å². The molecule has 0 spiro atoms. The molecule has 1 atom stereocenters. The van der Waals surface area contributed by atoms with Gasteiger partial charge in [0.2, 0.25) is 0 Å². The van der Waals surface area contributed by atoms with Gasteiger partial charge in [-0.2, -0.15) is 0 Å². The van der Waals surface area contributed by atoms with Crippen LogP contribution >= 0.6 is 0 Å². The lowest BCUT2D eigenvalue weighted by atomic mass is 10.1. The largest absolute Gasteiger partial charge is 0.391 e. The summed E-state index contributed by atoms with van der Waals surface area (Å²) in [6.07, 6.45) is 2.35. The number of pyridine rings is 1. The van der Waals surface area contributed by atoms with Crippen molar-refractivity contribution in [3.8, 4) is 0 Å². The van der Waals surface area contributed by atoms with Crippen molar-refractivity contribution in [1.82, 2.24) is 10.3 Å². The Kier molecular flexibility index (Phi) is 5.03. The minimum atomic E-state index is -0.583. The molecular weight excluding hydrogens is 223 g/mol. The van der Waals surface area contributed by atoms with Crippen molar-refractivity contribution in [3.05, 3.63) is 29.8 Å². The van der Waals surface area contributed by atoms with Gasteiger partial charge in [0.1, 0.15) is 5.82 Å². The summed E-state index contributed by atoms with van der Waals surface area (Å²) in [5.74, 6) is -0.627. The van der Waals surface area contributed by atoms with E-state index in [-0.39, 0.29) is 12.1 Å². The Morgan fingerprint density at radius 2 is 2.24 bits per heavy atom. The van der Waals surface area contributed by atoms with Crippen molar-refractivity contribution in [2.75, 3.05) is 6.54 Å². The Bertz CT molecular complexity index is 383. The van der Waals surface area contributed by atoms with Crippen molar-refractivity contribution >= 4 is 5.91 Å². The lowest BCUT2D eigenvalue weighted by molar-refractivity contribution is 0.0899. The zero-order chi connectivity index (χ0) is 12.8. The molecule has 0 radical (unpaired) electrons. The van der Waals surface area contributed by atoms with Crippen LogP contribution in [0.3, 0.4) is 0 Å². The van der Waals surface area contributed by atoms with Gasteiger partial charge in [0, 0.05) is 12.7 Å². The van der Waals surface area contributed by atoms with Gasteiger partial charge in [-0.15, -0.1) is 0 Å². The molecule has 5 heteroatoms. The number of aliphatic hydroxyl groups is 1. The van der Waals surface area contributed by atoms with Crippen LogP contribution in [0.2, 0.25) is 0 Å². The molecule has 0 saturated heterocycles. The van der Waals surface area contributed by atoms with E-state index in [4.69, 9.17) is 0 Å². The van der Waals surface area contributed by atoms with Gasteiger partial charge >= 0.3 is 0 Å². The normalized spacial score (nSPS) is 12.5. The summed E-state index contributed by atoms with van der Waals surface area (Å²) in [6.45, 7) is 4.14. The van der Waals surface area contributed by atoms with Gasteiger partial charge in [-0.1, -0.05) is 13.8 Å². The molecule has 0 fully saturated rings. The number of hydrogen-bond donors (Lipinski definition) is 2. The first-order valence-corrected chi connectivity index (χ1v) is 5.56. The molecule has 1 unspecified atom stereocenters. The number of amides is 1. The van der Waals surface area contributed by atoms with E-state index in [9.17, 15) is 14.3 Å². The van der Waals surface area contributed by atoms with E-state index in [0.717, 1.165) is 12.3 Å². The quantitative estimate of drug-likeness (QED) is 0.816. The van der Waals surface area contributed by atoms with Crippen LogP contribution in [0.25, 0.3) is 0 Å². The van der Waals surface area contributed by atoms with Crippen LogP contribution in [-0.2, 0) is 0 Å². The molecule has 94 valence electrons. The summed E-state index contributed by atoms with van der Waals surface area (Å²) in [4.78, 5) is 15.1. The summed E-state index contributed by atoms with van der Waals surface area (Å²) >= 11 is 0. The van der Waals surface area contributed by atoms with Gasteiger partial charge in [-0.3, -0.25) is 9.78 Å². The third-order valence-electron chi connectivity index (χ3n) is 2.21. The second-order valence-electron chi connectivity index (χ2n) is 4.39. The SMILES string of the molecule is CC(C)CC(O)CNC(=O)c1cncc(F)c1. The molecule has 0 aliphatic rings. The lowest BCUT2D eigenvalue weighted by Crippen LogP contribution is -2.32. The minimum Gasteiger partial charge on any atom is -0.391 e. The van der Waals surface area contributed by atoms with Crippen molar-refractivity contribution in [1.29, 1.82) is 0 Å². The Balaban J connectivity index is 2.45. The molecule has 1 aromatic heterocycles. The van der Waals surface area contributed by atoms with Gasteiger partial charge in [0.25, 0.3) is 5.91 Å². The number of carbonyl (C=O) groups excluding carboxylic acids is 1. The lowest BCUT2D eigenvalue weighted by Gasteiger charge is -2.13. The summed E-state index contributed by atoms with van der Waals surface area (Å²) in [5, 5.41) is 12.1. The number of aliphatic hydroxyl groups excluding tert-OH is 1. The smallest absolute Gasteiger partial charge is 0.253 e. The number of nitrogens with one attached hydrogen (secondary N) is 1. The average Bonchev–Trinajstić information content (AvgIpc) is 2.25. The fourth-order valence-corrected chi connectivity index (χ4v) is 1.48. The molecule has 1 rings (SSSR count). The summed E-state index contributed by atoms with van der Waals surface area (Å²) < 4.78 is 12.8. The van der Waals surface area contributed by atoms with E-state index in [1.165, 1.54) is 6.20 Å². The molecule has 0 aliphatic carbocycles. The third kappa shape index (κ3) is 4.91. The number of carbonyl (C=O) groups is 1. The fourth-order valence-electron chi connectivity index (χ4n) is 1.48. The van der Waals surface area contributed by atoms with Crippen molar-refractivity contribution in [2.24, 2.45) is 5.92 Å². The molecule has 0 bridgehead atoms. The minimum absolute atomic E-state index is 0.154. The second kappa shape index (κ2) is 6.30. The standard InChI is InChI=1S/C12H17FN2O2/c1-8(2)3-11(16)7-15-12(17)9-4-10(13)6-14-5-9/h4-6,8,11,16H,3,7H2,1-2H3,(H,15,17). The van der Waals surface area contributed by atoms with E-state index in [1.807, 2.05) is 13.8 Å². The number of rotatable bonds is 5. The van der Waals surface area contributed by atoms with E-state index < -0.39 is 17.8 Å². The van der Waals surface area contributed by atoms with Crippen molar-refractivity contribution < 1.29 is 14.3 Å². The topological polar surface area (TPSA) is 62.2 Å². The Hall–Kier alpha value is -1.49. The molecule has 1 aromatic rings. The monoisotopic (exact) mass is 240 g/mol. The Morgan fingerprint density at radius 3 is 2.82 bits per heavy atom. The van der Waals surface area contributed by atoms with Crippen LogP contribution in [0.15, 0.2) is 18.5 Å². The zero-order valence-corrected chi connectivity index (χ0v) is 9.98. The molecule has 0 aromatic carbocycles. The molecular formula is C12H17FN2O2. The van der Waals surface area contributed by atoms with Crippen LogP contribution < -0.4 is 5.32 Å². The molecule has 2 N–H and O–H groups in total. The van der Waals surface area contributed by atoms with Crippen LogP contribution in [0.4, 0.5) is 4.39 Å². The predicted molar refractivity (Wildman–Crippen MR) is 62.0 cm³/mol. The average molecular weight is 240 g/mol. The highest BCUT2D eigenvalue weighted by Crippen LogP contribution is 2.04. The van der Waals surface area contributed by atoms with Crippen LogP contribution in [0.5, 0.6) is 0 Å². The Labute approximate surface area is 99.9 Å². The van der Waals surface area contributed by atoms with E-state index in [0.29, 0.717) is 12.3 Å². The van der Waals surface area contributed by atoms with Crippen LogP contribution in [0, 0.1) is 11.7 Å². The van der Waals surface area contributed by atoms with E-state index in [1.54, 1.807) is 0 Å². The van der Waals surface area contributed by atoms with Crippen LogP contribution in [-0.4, -0.2) is 28.6 Å². The Morgan fingerprint density at radius 1 is 1.53 bits per heavy atom. The molecule has 0 aliphatic heterocycles. The fraction of sp³-hybridized carbons (Fsp3) is 0.500. The molecule has 0 saturated carbocycles. The molecule has 4 nitrogen and oxygen atoms in total. The highest BCUT2D eigenvalue weighted by atomic mass is 19.1. The van der Waals surface area contributed by atoms with Crippen molar-refractivity contribution in [3.63, 3.8) is 0 Å². The number of hydrogen-bond acceptors (Lipinski definition) is 3. The maximum absolute atomic E-state index is 12.8. The zero-order valence-electron chi connectivity index (χ0n) is 9.98. The maximum Gasteiger partial charge on any atom is 0.253 e. The summed E-state index contributed by atoms with van der Waals surface area (Å²) in [5.41, 5.74) is 0.154. The highest BCUT2D eigenvalue weighted by molar-refractivity contribution is 5.93. The molecule has 17 heavy (non-hydrogen) atoms. The third-order valence-corrected chi connectivity index (χ3v) is 2.21. The van der Waals surface area contributed by atoms with Gasteiger partial charge in [-0.25, -0.2) is 4.39 Å². The van der Waals surface area contributed by atoms with Gasteiger partial charge in [0.15, 0.2) is 0 Å². The summed E-state index contributed by atoms with van der Waals surface area (Å²) in [6, 6.07) is 1.11. The number of halogens is 1. The van der Waals surface area contributed by atoms with Gasteiger partial charge in [-0.05, 0) is 18.4 Å². The van der Waals surface area contributed by atoms with Crippen LogP contribution in [0.1, 0.15) is 30.6 Å².